The maximum atomic E-state index is 12.9. The third kappa shape index (κ3) is 68.5. The summed E-state index contributed by atoms with van der Waals surface area (Å²) in [6.45, 7) is 6.49. The second-order valence-electron chi connectivity index (χ2n) is 23.1. The van der Waals surface area contributed by atoms with Gasteiger partial charge in [-0.25, -0.2) is 0 Å². The lowest BCUT2D eigenvalue weighted by atomic mass is 10.0. The molecule has 0 aromatic heterocycles. The molecule has 0 aliphatic rings. The van der Waals surface area contributed by atoms with Crippen molar-refractivity contribution in [1.82, 2.24) is 0 Å². The number of unbranched alkanes of at least 4 members (excludes halogenated alkanes) is 32. The van der Waals surface area contributed by atoms with Gasteiger partial charge in [0.2, 0.25) is 0 Å². The minimum absolute atomic E-state index is 0.0950. The smallest absolute Gasteiger partial charge is 0.306 e. The maximum absolute atomic E-state index is 12.9. The topological polar surface area (TPSA) is 78.9 Å². The Bertz CT molecular complexity index is 1700. The SMILES string of the molecule is CC/C=C\C/C=C\C/C=C\C/C=C\C/C=C\C/C=C\C/C=C\CCCCCC(=O)OC(COC(=O)CCCCCCC/C=C\CCCCCC)COC(=O)CCCCCCCCCCCCCCCCC/C=C\C/C=C\CCCCCCC. The van der Waals surface area contributed by atoms with E-state index in [0.29, 0.717) is 12.8 Å². The van der Waals surface area contributed by atoms with Gasteiger partial charge in [-0.1, -0.05) is 296 Å². The number of carbonyl (C=O) groups is 3. The van der Waals surface area contributed by atoms with Crippen molar-refractivity contribution in [3.8, 4) is 0 Å². The van der Waals surface area contributed by atoms with Crippen molar-refractivity contribution in [2.75, 3.05) is 13.2 Å². The summed E-state index contributed by atoms with van der Waals surface area (Å²) < 4.78 is 16.9. The summed E-state index contributed by atoms with van der Waals surface area (Å²) in [4.78, 5) is 38.4. The van der Waals surface area contributed by atoms with Gasteiger partial charge in [-0.05, 0) is 135 Å². The van der Waals surface area contributed by atoms with E-state index >= 15 is 0 Å². The number of hydrogen-bond donors (Lipinski definition) is 0. The van der Waals surface area contributed by atoms with Crippen molar-refractivity contribution in [1.29, 1.82) is 0 Å². The lowest BCUT2D eigenvalue weighted by Crippen LogP contribution is -2.30. The first-order chi connectivity index (χ1) is 41.0. The molecular weight excluding hydrogens is 1020 g/mol. The van der Waals surface area contributed by atoms with E-state index in [9.17, 15) is 14.4 Å². The predicted molar refractivity (Wildman–Crippen MR) is 362 cm³/mol. The van der Waals surface area contributed by atoms with E-state index in [2.05, 4.69) is 142 Å². The van der Waals surface area contributed by atoms with Crippen molar-refractivity contribution in [3.63, 3.8) is 0 Å². The Morgan fingerprint density at radius 1 is 0.253 bits per heavy atom. The van der Waals surface area contributed by atoms with Crippen molar-refractivity contribution >= 4 is 17.9 Å². The standard InChI is InChI=1S/C77H130O6/c1-4-7-10-13-16-19-22-25-27-29-31-33-35-37-38-40-41-43-45-47-49-52-55-58-61-64-67-70-76(79)82-73-74(72-81-75(78)69-66-63-60-57-54-51-24-21-18-15-12-9-6-3)83-77(80)71-68-65-62-59-56-53-50-48-46-44-42-39-36-34-32-30-28-26-23-20-17-14-11-8-5-2/h8,11,17,20-22,24-26,28-29,31-32,34,39,42,46,48,53,56,74H,4-7,9-10,12-16,18-19,23,27,30,33,35-38,40-41,43-45,47,49-52,54-55,57-73H2,1-3H3/b11-8-,20-17-,24-21-,25-22-,28-26-,31-29-,34-32-,42-39-,48-46-,56-53-. The minimum Gasteiger partial charge on any atom is -0.462 e. The monoisotopic (exact) mass is 1150 g/mol. The molecule has 474 valence electrons. The molecule has 0 aromatic rings. The van der Waals surface area contributed by atoms with Gasteiger partial charge in [0.15, 0.2) is 6.10 Å². The highest BCUT2D eigenvalue weighted by molar-refractivity contribution is 5.71. The highest BCUT2D eigenvalue weighted by Gasteiger charge is 2.19. The second kappa shape index (κ2) is 70.3. The summed E-state index contributed by atoms with van der Waals surface area (Å²) in [5, 5.41) is 0. The molecule has 0 rings (SSSR count). The highest BCUT2D eigenvalue weighted by Crippen LogP contribution is 2.16. The van der Waals surface area contributed by atoms with E-state index in [-0.39, 0.29) is 37.5 Å². The molecule has 0 heterocycles. The van der Waals surface area contributed by atoms with Gasteiger partial charge in [0.05, 0.1) is 0 Å². The molecule has 0 aliphatic heterocycles. The predicted octanol–water partition coefficient (Wildman–Crippen LogP) is 24.3. The van der Waals surface area contributed by atoms with Crippen molar-refractivity contribution in [2.24, 2.45) is 0 Å². The third-order valence-corrected chi connectivity index (χ3v) is 14.9. The molecule has 0 amide bonds. The number of allylic oxidation sites excluding steroid dienone is 20. The maximum Gasteiger partial charge on any atom is 0.306 e. The Morgan fingerprint density at radius 2 is 0.470 bits per heavy atom. The van der Waals surface area contributed by atoms with Crippen LogP contribution in [0.1, 0.15) is 329 Å². The lowest BCUT2D eigenvalue weighted by molar-refractivity contribution is -0.167. The Hall–Kier alpha value is -4.19. The van der Waals surface area contributed by atoms with Crippen LogP contribution >= 0.6 is 0 Å². The molecule has 1 atom stereocenters. The van der Waals surface area contributed by atoms with Gasteiger partial charge >= 0.3 is 17.9 Å². The molecule has 0 saturated carbocycles. The normalized spacial score (nSPS) is 12.9. The Kier molecular flexibility index (Phi) is 66.7. The van der Waals surface area contributed by atoms with Crippen molar-refractivity contribution in [2.45, 2.75) is 335 Å². The summed E-state index contributed by atoms with van der Waals surface area (Å²) in [5.41, 5.74) is 0. The molecule has 1 unspecified atom stereocenters. The van der Waals surface area contributed by atoms with Crippen LogP contribution in [-0.2, 0) is 28.6 Å². The molecule has 0 saturated heterocycles. The number of rotatable bonds is 63. The number of carbonyl (C=O) groups excluding carboxylic acids is 3. The van der Waals surface area contributed by atoms with E-state index in [1.165, 1.54) is 161 Å². The minimum atomic E-state index is -0.804. The first-order valence-corrected chi connectivity index (χ1v) is 35.0. The van der Waals surface area contributed by atoms with Gasteiger partial charge in [-0.15, -0.1) is 0 Å². The van der Waals surface area contributed by atoms with Gasteiger partial charge in [0.1, 0.15) is 13.2 Å². The first-order valence-electron chi connectivity index (χ1n) is 35.0. The Balaban J connectivity index is 4.36. The highest BCUT2D eigenvalue weighted by atomic mass is 16.6. The fourth-order valence-electron chi connectivity index (χ4n) is 9.68. The van der Waals surface area contributed by atoms with E-state index in [1.54, 1.807) is 0 Å². The summed E-state index contributed by atoms with van der Waals surface area (Å²) in [6.07, 6.45) is 97.9. The van der Waals surface area contributed by atoms with Crippen LogP contribution in [0.4, 0.5) is 0 Å². The van der Waals surface area contributed by atoms with E-state index in [4.69, 9.17) is 14.2 Å². The van der Waals surface area contributed by atoms with E-state index in [0.717, 1.165) is 128 Å². The molecular formula is C77H130O6. The summed E-state index contributed by atoms with van der Waals surface area (Å²) in [5.74, 6) is -0.928. The van der Waals surface area contributed by atoms with Crippen LogP contribution in [0.5, 0.6) is 0 Å². The summed E-state index contributed by atoms with van der Waals surface area (Å²) in [7, 11) is 0. The molecule has 6 nitrogen and oxygen atoms in total. The van der Waals surface area contributed by atoms with E-state index < -0.39 is 6.10 Å². The molecule has 0 aliphatic carbocycles. The lowest BCUT2D eigenvalue weighted by Gasteiger charge is -2.18. The molecule has 0 aromatic carbocycles. The van der Waals surface area contributed by atoms with Gasteiger partial charge in [0.25, 0.3) is 0 Å². The van der Waals surface area contributed by atoms with Gasteiger partial charge in [-0.3, -0.25) is 14.4 Å². The average molecular weight is 1150 g/mol. The fraction of sp³-hybridized carbons (Fsp3) is 0.701. The second-order valence-corrected chi connectivity index (χ2v) is 23.1. The summed E-state index contributed by atoms with van der Waals surface area (Å²) in [6, 6.07) is 0. The van der Waals surface area contributed by atoms with Crippen LogP contribution in [0.2, 0.25) is 0 Å². The van der Waals surface area contributed by atoms with Crippen molar-refractivity contribution in [3.05, 3.63) is 122 Å². The van der Waals surface area contributed by atoms with Crippen LogP contribution in [0.15, 0.2) is 122 Å². The van der Waals surface area contributed by atoms with Crippen LogP contribution in [-0.4, -0.2) is 37.2 Å². The van der Waals surface area contributed by atoms with Crippen LogP contribution < -0.4 is 0 Å². The zero-order valence-corrected chi connectivity index (χ0v) is 54.4. The molecule has 6 heteroatoms. The molecule has 83 heavy (non-hydrogen) atoms. The van der Waals surface area contributed by atoms with Gasteiger partial charge < -0.3 is 14.2 Å². The van der Waals surface area contributed by atoms with Crippen LogP contribution in [0, 0.1) is 0 Å². The number of hydrogen-bond acceptors (Lipinski definition) is 6. The van der Waals surface area contributed by atoms with E-state index in [1.807, 2.05) is 0 Å². The van der Waals surface area contributed by atoms with Crippen LogP contribution in [0.25, 0.3) is 0 Å². The quantitative estimate of drug-likeness (QED) is 0.0261. The molecule has 0 spiro atoms. The van der Waals surface area contributed by atoms with Gasteiger partial charge in [-0.2, -0.15) is 0 Å². The number of ether oxygens (including phenoxy) is 3. The average Bonchev–Trinajstić information content (AvgIpc) is 3.49. The van der Waals surface area contributed by atoms with Gasteiger partial charge in [0, 0.05) is 19.3 Å². The largest absolute Gasteiger partial charge is 0.462 e. The van der Waals surface area contributed by atoms with Crippen molar-refractivity contribution < 1.29 is 28.6 Å². The zero-order valence-electron chi connectivity index (χ0n) is 54.4. The summed E-state index contributed by atoms with van der Waals surface area (Å²) >= 11 is 0. The fourth-order valence-corrected chi connectivity index (χ4v) is 9.68. The Morgan fingerprint density at radius 3 is 0.771 bits per heavy atom. The third-order valence-electron chi connectivity index (χ3n) is 14.9. The van der Waals surface area contributed by atoms with Crippen LogP contribution in [0.3, 0.4) is 0 Å². The molecule has 0 N–H and O–H groups in total. The number of esters is 3. The molecule has 0 bridgehead atoms. The first kappa shape index (κ1) is 78.8. The zero-order chi connectivity index (χ0) is 59.9. The molecule has 0 fully saturated rings. The Labute approximate surface area is 513 Å². The molecule has 0 radical (unpaired) electrons.